The van der Waals surface area contributed by atoms with Gasteiger partial charge in [0.05, 0.1) is 3.23 Å². The lowest BCUT2D eigenvalue weighted by molar-refractivity contribution is 0.0290. The van der Waals surface area contributed by atoms with Crippen LogP contribution < -0.4 is 0 Å². The van der Waals surface area contributed by atoms with Gasteiger partial charge < -0.3 is 0 Å². The van der Waals surface area contributed by atoms with E-state index in [0.717, 1.165) is 11.8 Å². The Balaban J connectivity index is 1.83. The van der Waals surface area contributed by atoms with Crippen molar-refractivity contribution in [2.24, 2.45) is 33.5 Å². The minimum Gasteiger partial charge on any atom is -0.0718 e. The van der Waals surface area contributed by atoms with Crippen molar-refractivity contribution in [2.45, 2.75) is 69.5 Å². The number of hydrogen-bond acceptors (Lipinski definition) is 0. The van der Waals surface area contributed by atoms with Gasteiger partial charge in [0.1, 0.15) is 0 Å². The third-order valence-corrected chi connectivity index (χ3v) is 10.7. The first-order chi connectivity index (χ1) is 8.61. The van der Waals surface area contributed by atoms with Gasteiger partial charge in [-0.15, -0.1) is 0 Å². The van der Waals surface area contributed by atoms with Crippen LogP contribution in [0.15, 0.2) is 0 Å². The molecule has 0 saturated heterocycles. The molecule has 0 unspecified atom stereocenters. The maximum atomic E-state index is 4.05. The second kappa shape index (κ2) is 3.31. The first-order valence-electron chi connectivity index (χ1n) is 7.99. The summed E-state index contributed by atoms with van der Waals surface area (Å²) in [6.45, 7) is 10.2. The highest BCUT2D eigenvalue weighted by molar-refractivity contribution is 9.25. The fourth-order valence-corrected chi connectivity index (χ4v) is 8.83. The Bertz CT molecular complexity index is 454. The summed E-state index contributed by atoms with van der Waals surface area (Å²) in [5.41, 5.74) is 2.36. The summed E-state index contributed by atoms with van der Waals surface area (Å²) < 4.78 is 0.228. The van der Waals surface area contributed by atoms with Crippen molar-refractivity contribution in [3.05, 3.63) is 0 Å². The second-order valence-corrected chi connectivity index (χ2v) is 12.8. The van der Waals surface area contributed by atoms with Crippen LogP contribution in [0.5, 0.6) is 0 Å². The molecule has 4 saturated carbocycles. The van der Waals surface area contributed by atoms with E-state index in [1.165, 1.54) is 38.5 Å². The highest BCUT2D eigenvalue weighted by Gasteiger charge is 2.84. The number of rotatable bonds is 0. The van der Waals surface area contributed by atoms with E-state index in [4.69, 9.17) is 0 Å². The molecule has 19 heavy (non-hydrogen) atoms. The molecule has 4 fully saturated rings. The molecule has 0 N–H and O–H groups in total. The third kappa shape index (κ3) is 1.33. The summed E-state index contributed by atoms with van der Waals surface area (Å²) in [5, 5.41) is 0. The van der Waals surface area contributed by atoms with E-state index in [2.05, 4.69) is 59.6 Å². The zero-order chi connectivity index (χ0) is 13.9. The largest absolute Gasteiger partial charge is 0.0899 e. The Morgan fingerprint density at radius 1 is 0.842 bits per heavy atom. The minimum absolute atomic E-state index is 0.228. The van der Waals surface area contributed by atoms with Crippen LogP contribution in [-0.2, 0) is 0 Å². The first kappa shape index (κ1) is 13.6. The quantitative estimate of drug-likeness (QED) is 0.437. The molecule has 0 nitrogen and oxygen atoms in total. The van der Waals surface area contributed by atoms with Crippen LogP contribution in [0.1, 0.15) is 66.2 Å². The molecular formula is C17H26Br2. The maximum Gasteiger partial charge on any atom is 0.0899 e. The van der Waals surface area contributed by atoms with Crippen molar-refractivity contribution in [3.63, 3.8) is 0 Å². The molecule has 2 heteroatoms. The lowest BCUT2D eigenvalue weighted by Crippen LogP contribution is -2.39. The molecule has 0 heterocycles. The third-order valence-electron chi connectivity index (χ3n) is 7.95. The second-order valence-electron chi connectivity index (χ2n) is 9.23. The molecule has 0 bridgehead atoms. The van der Waals surface area contributed by atoms with E-state index < -0.39 is 0 Å². The van der Waals surface area contributed by atoms with Gasteiger partial charge >= 0.3 is 0 Å². The van der Waals surface area contributed by atoms with E-state index in [1.54, 1.807) is 0 Å². The minimum atomic E-state index is 0.228. The van der Waals surface area contributed by atoms with Gasteiger partial charge in [-0.3, -0.25) is 0 Å². The van der Waals surface area contributed by atoms with Crippen LogP contribution in [-0.4, -0.2) is 3.23 Å². The number of halogens is 2. The predicted octanol–water partition coefficient (Wildman–Crippen LogP) is 6.13. The van der Waals surface area contributed by atoms with Crippen LogP contribution in [0, 0.1) is 33.5 Å². The van der Waals surface area contributed by atoms with Crippen molar-refractivity contribution in [1.29, 1.82) is 0 Å². The SMILES string of the molecule is CC1(C)CCC[C@@]2(C)C[C@]23CC[C@]2(C)[C@H]([C@H]13)C2(Br)Br. The molecule has 4 aliphatic rings. The molecule has 1 spiro atoms. The number of hydrogen-bond donors (Lipinski definition) is 0. The van der Waals surface area contributed by atoms with E-state index in [0.29, 0.717) is 21.7 Å². The van der Waals surface area contributed by atoms with Crippen molar-refractivity contribution in [1.82, 2.24) is 0 Å². The van der Waals surface area contributed by atoms with Gasteiger partial charge in [0.2, 0.25) is 0 Å². The van der Waals surface area contributed by atoms with Gasteiger partial charge in [0, 0.05) is 0 Å². The zero-order valence-corrected chi connectivity index (χ0v) is 15.8. The standard InChI is InChI=1S/C17H26Br2/c1-13(2)6-5-7-14(3)10-16(14)9-8-15(4)12(11(13)16)17(15,18)19/h11-12H,5-10H2,1-4H3/t11-,12+,14+,15-,16+/m1/s1. The lowest BCUT2D eigenvalue weighted by atomic mass is 9.59. The number of alkyl halides is 2. The molecule has 0 radical (unpaired) electrons. The van der Waals surface area contributed by atoms with Crippen molar-refractivity contribution >= 4 is 31.9 Å². The van der Waals surface area contributed by atoms with Gasteiger partial charge in [-0.25, -0.2) is 0 Å². The summed E-state index contributed by atoms with van der Waals surface area (Å²) in [5.74, 6) is 1.74. The lowest BCUT2D eigenvalue weighted by Gasteiger charge is -2.45. The molecule has 5 atom stereocenters. The van der Waals surface area contributed by atoms with E-state index in [9.17, 15) is 0 Å². The first-order valence-corrected chi connectivity index (χ1v) is 9.57. The molecular weight excluding hydrogens is 364 g/mol. The highest BCUT2D eigenvalue weighted by atomic mass is 79.9. The summed E-state index contributed by atoms with van der Waals surface area (Å²) in [7, 11) is 0. The fraction of sp³-hybridized carbons (Fsp3) is 1.00. The maximum absolute atomic E-state index is 4.05. The normalized spacial score (nSPS) is 60.3. The zero-order valence-electron chi connectivity index (χ0n) is 12.7. The van der Waals surface area contributed by atoms with Gasteiger partial charge in [0.25, 0.3) is 0 Å². The van der Waals surface area contributed by atoms with Crippen LogP contribution in [0.2, 0.25) is 0 Å². The van der Waals surface area contributed by atoms with Gasteiger partial charge in [-0.2, -0.15) is 0 Å². The summed E-state index contributed by atoms with van der Waals surface area (Å²) >= 11 is 8.10. The van der Waals surface area contributed by atoms with Gasteiger partial charge in [-0.1, -0.05) is 66.0 Å². The van der Waals surface area contributed by atoms with Crippen LogP contribution in [0.4, 0.5) is 0 Å². The summed E-state index contributed by atoms with van der Waals surface area (Å²) in [6.07, 6.45) is 8.75. The topological polar surface area (TPSA) is 0 Å². The number of fused-ring (bicyclic) bond motifs is 2. The molecule has 4 aliphatic carbocycles. The molecule has 0 aliphatic heterocycles. The van der Waals surface area contributed by atoms with E-state index in [1.807, 2.05) is 0 Å². The van der Waals surface area contributed by atoms with E-state index >= 15 is 0 Å². The fourth-order valence-electron chi connectivity index (χ4n) is 6.63. The Labute approximate surface area is 134 Å². The predicted molar refractivity (Wildman–Crippen MR) is 87.7 cm³/mol. The smallest absolute Gasteiger partial charge is 0.0718 e. The molecule has 0 amide bonds. The van der Waals surface area contributed by atoms with Gasteiger partial charge in [0.15, 0.2) is 0 Å². The van der Waals surface area contributed by atoms with Gasteiger partial charge in [-0.05, 0) is 65.6 Å². The Kier molecular flexibility index (Phi) is 2.37. The molecule has 0 aromatic rings. The van der Waals surface area contributed by atoms with Crippen molar-refractivity contribution in [3.8, 4) is 0 Å². The van der Waals surface area contributed by atoms with Crippen LogP contribution >= 0.6 is 31.9 Å². The summed E-state index contributed by atoms with van der Waals surface area (Å²) in [6, 6.07) is 0. The van der Waals surface area contributed by atoms with Crippen molar-refractivity contribution in [2.75, 3.05) is 0 Å². The van der Waals surface area contributed by atoms with Crippen LogP contribution in [0.3, 0.4) is 0 Å². The average molecular weight is 390 g/mol. The monoisotopic (exact) mass is 388 g/mol. The molecule has 4 rings (SSSR count). The Morgan fingerprint density at radius 2 is 1.53 bits per heavy atom. The Morgan fingerprint density at radius 3 is 2.21 bits per heavy atom. The Hall–Kier alpha value is 0.960. The van der Waals surface area contributed by atoms with E-state index in [-0.39, 0.29) is 3.23 Å². The average Bonchev–Trinajstić information content (AvgIpc) is 3.00. The highest BCUT2D eigenvalue weighted by Crippen LogP contribution is 2.90. The molecule has 0 aromatic carbocycles. The van der Waals surface area contributed by atoms with Crippen molar-refractivity contribution < 1.29 is 0 Å². The molecule has 108 valence electrons. The summed E-state index contributed by atoms with van der Waals surface area (Å²) in [4.78, 5) is 0. The molecule has 0 aromatic heterocycles. The van der Waals surface area contributed by atoms with Crippen LogP contribution in [0.25, 0.3) is 0 Å².